The van der Waals surface area contributed by atoms with Crippen molar-refractivity contribution in [2.75, 3.05) is 0 Å². The Bertz CT molecular complexity index is 582. The molecule has 0 aliphatic carbocycles. The van der Waals surface area contributed by atoms with Gasteiger partial charge in [-0.15, -0.1) is 11.6 Å². The van der Waals surface area contributed by atoms with E-state index < -0.39 is 0 Å². The number of hydrogen-bond acceptors (Lipinski definition) is 2. The molecule has 2 aromatic rings. The lowest BCUT2D eigenvalue weighted by Gasteiger charge is -2.20. The van der Waals surface area contributed by atoms with Crippen LogP contribution in [0.15, 0.2) is 0 Å². The predicted octanol–water partition coefficient (Wildman–Crippen LogP) is 4.38. The van der Waals surface area contributed by atoms with E-state index in [0.717, 1.165) is 48.4 Å². The number of rotatable bonds is 6. The van der Waals surface area contributed by atoms with Crippen LogP contribution in [-0.4, -0.2) is 19.3 Å². The molecule has 2 aromatic heterocycles. The van der Waals surface area contributed by atoms with Gasteiger partial charge >= 0.3 is 0 Å². The largest absolute Gasteiger partial charge is 0.309 e. The van der Waals surface area contributed by atoms with Crippen molar-refractivity contribution in [2.45, 2.75) is 64.8 Å². The van der Waals surface area contributed by atoms with Gasteiger partial charge < -0.3 is 4.57 Å². The molecular weight excluding hydrogens is 272 g/mol. The summed E-state index contributed by atoms with van der Waals surface area (Å²) in [6, 6.07) is 0.446. The Morgan fingerprint density at radius 2 is 1.95 bits per heavy atom. The Kier molecular flexibility index (Phi) is 4.74. The van der Waals surface area contributed by atoms with E-state index >= 15 is 0 Å². The van der Waals surface area contributed by atoms with Crippen LogP contribution >= 0.6 is 11.6 Å². The minimum absolute atomic E-state index is 0.0852. The van der Waals surface area contributed by atoms with E-state index in [9.17, 15) is 0 Å². The van der Waals surface area contributed by atoms with E-state index in [1.54, 1.807) is 0 Å². The van der Waals surface area contributed by atoms with Crippen molar-refractivity contribution in [1.82, 2.24) is 19.3 Å². The van der Waals surface area contributed by atoms with Crippen molar-refractivity contribution < 1.29 is 0 Å². The topological polar surface area (TPSA) is 35.6 Å². The first kappa shape index (κ1) is 15.4. The molecule has 0 amide bonds. The van der Waals surface area contributed by atoms with Crippen molar-refractivity contribution in [3.8, 4) is 0 Å². The smallest absolute Gasteiger partial charge is 0.158 e. The van der Waals surface area contributed by atoms with Gasteiger partial charge in [-0.1, -0.05) is 27.2 Å². The number of imidazole rings is 1. The van der Waals surface area contributed by atoms with Gasteiger partial charge in [0, 0.05) is 13.1 Å². The Hall–Kier alpha value is -1.03. The highest BCUT2D eigenvalue weighted by Gasteiger charge is 2.24. The third kappa shape index (κ3) is 2.46. The molecule has 0 saturated heterocycles. The Labute approximate surface area is 126 Å². The number of alkyl halides is 1. The molecule has 2 unspecified atom stereocenters. The second-order valence-electron chi connectivity index (χ2n) is 5.40. The molecule has 4 nitrogen and oxygen atoms in total. The summed E-state index contributed by atoms with van der Waals surface area (Å²) in [4.78, 5) is 4.80. The fourth-order valence-electron chi connectivity index (χ4n) is 2.95. The van der Waals surface area contributed by atoms with Gasteiger partial charge in [-0.3, -0.25) is 4.68 Å². The summed E-state index contributed by atoms with van der Waals surface area (Å²) >= 11 is 6.37. The maximum atomic E-state index is 6.37. The zero-order chi connectivity index (χ0) is 14.9. The lowest BCUT2D eigenvalue weighted by Crippen LogP contribution is -2.14. The lowest BCUT2D eigenvalue weighted by atomic mass is 10.1. The molecular formula is C15H25ClN4. The van der Waals surface area contributed by atoms with Gasteiger partial charge in [-0.05, 0) is 26.2 Å². The molecule has 5 heteroatoms. The van der Waals surface area contributed by atoms with Crippen LogP contribution in [0.25, 0.3) is 11.2 Å². The minimum Gasteiger partial charge on any atom is -0.309 e. The van der Waals surface area contributed by atoms with E-state index in [1.807, 2.05) is 18.7 Å². The summed E-state index contributed by atoms with van der Waals surface area (Å²) in [5, 5.41) is 4.51. The Morgan fingerprint density at radius 1 is 1.25 bits per heavy atom. The van der Waals surface area contributed by atoms with Crippen molar-refractivity contribution in [3.63, 3.8) is 0 Å². The number of aromatic nitrogens is 4. The second-order valence-corrected chi connectivity index (χ2v) is 6.06. The standard InChI is InChI=1S/C15H25ClN4/c1-6-9-11(7-2)20-14(10(4)16)17-13-12(8-3)18-19(5)15(13)20/h10-11H,6-9H2,1-5H3. The molecule has 20 heavy (non-hydrogen) atoms. The zero-order valence-electron chi connectivity index (χ0n) is 13.1. The lowest BCUT2D eigenvalue weighted by molar-refractivity contribution is 0.437. The molecule has 0 aromatic carbocycles. The Morgan fingerprint density at radius 3 is 2.45 bits per heavy atom. The molecule has 0 aliphatic rings. The van der Waals surface area contributed by atoms with Crippen LogP contribution in [0.4, 0.5) is 0 Å². The molecule has 0 saturated carbocycles. The quantitative estimate of drug-likeness (QED) is 0.741. The van der Waals surface area contributed by atoms with Gasteiger partial charge in [0.2, 0.25) is 0 Å². The second kappa shape index (κ2) is 6.17. The molecule has 0 N–H and O–H groups in total. The minimum atomic E-state index is -0.0852. The van der Waals surface area contributed by atoms with Crippen LogP contribution in [0.5, 0.6) is 0 Å². The summed E-state index contributed by atoms with van der Waals surface area (Å²) in [7, 11) is 2.00. The average molecular weight is 297 g/mol. The van der Waals surface area contributed by atoms with Gasteiger partial charge in [-0.2, -0.15) is 5.10 Å². The third-order valence-corrected chi connectivity index (χ3v) is 4.11. The average Bonchev–Trinajstić information content (AvgIpc) is 2.94. The number of halogens is 1. The molecule has 0 aliphatic heterocycles. The van der Waals surface area contributed by atoms with Crippen molar-refractivity contribution in [2.24, 2.45) is 7.05 Å². The first-order valence-corrected chi connectivity index (χ1v) is 8.06. The number of fused-ring (bicyclic) bond motifs is 1. The van der Waals surface area contributed by atoms with E-state index in [4.69, 9.17) is 16.6 Å². The first-order valence-electron chi connectivity index (χ1n) is 7.62. The number of aryl methyl sites for hydroxylation is 2. The fourth-order valence-corrected chi connectivity index (χ4v) is 3.10. The molecule has 112 valence electrons. The summed E-state index contributed by atoms with van der Waals surface area (Å²) in [5.41, 5.74) is 3.20. The van der Waals surface area contributed by atoms with Crippen LogP contribution in [0.2, 0.25) is 0 Å². The summed E-state index contributed by atoms with van der Waals surface area (Å²) in [6.45, 7) is 8.57. The number of nitrogens with zero attached hydrogens (tertiary/aromatic N) is 4. The van der Waals surface area contributed by atoms with Gasteiger partial charge in [0.05, 0.1) is 11.1 Å². The van der Waals surface area contributed by atoms with Gasteiger partial charge in [0.25, 0.3) is 0 Å². The normalized spacial score (nSPS) is 14.9. The number of hydrogen-bond donors (Lipinski definition) is 0. The summed E-state index contributed by atoms with van der Waals surface area (Å²) in [5.74, 6) is 0.977. The SMILES string of the molecule is CCCC(CC)n1c(C(C)Cl)nc2c(CC)nn(C)c21. The van der Waals surface area contributed by atoms with E-state index in [0.29, 0.717) is 6.04 Å². The molecule has 2 atom stereocenters. The maximum Gasteiger partial charge on any atom is 0.158 e. The maximum absolute atomic E-state index is 6.37. The van der Waals surface area contributed by atoms with Gasteiger partial charge in [0.15, 0.2) is 5.65 Å². The summed E-state index contributed by atoms with van der Waals surface area (Å²) < 4.78 is 4.28. The van der Waals surface area contributed by atoms with Crippen molar-refractivity contribution in [3.05, 3.63) is 11.5 Å². The van der Waals surface area contributed by atoms with Gasteiger partial charge in [-0.25, -0.2) is 4.98 Å². The summed E-state index contributed by atoms with van der Waals surface area (Å²) in [6.07, 6.45) is 4.29. The molecule has 0 radical (unpaired) electrons. The van der Waals surface area contributed by atoms with Crippen LogP contribution in [0.1, 0.15) is 69.9 Å². The van der Waals surface area contributed by atoms with Crippen LogP contribution < -0.4 is 0 Å². The molecule has 0 spiro atoms. The zero-order valence-corrected chi connectivity index (χ0v) is 13.9. The van der Waals surface area contributed by atoms with Crippen LogP contribution in [-0.2, 0) is 13.5 Å². The monoisotopic (exact) mass is 296 g/mol. The first-order chi connectivity index (χ1) is 9.54. The fraction of sp³-hybridized carbons (Fsp3) is 0.733. The van der Waals surface area contributed by atoms with Gasteiger partial charge in [0.1, 0.15) is 11.3 Å². The van der Waals surface area contributed by atoms with E-state index in [1.165, 1.54) is 0 Å². The van der Waals surface area contributed by atoms with E-state index in [-0.39, 0.29) is 5.38 Å². The van der Waals surface area contributed by atoms with E-state index in [2.05, 4.69) is 30.4 Å². The third-order valence-electron chi connectivity index (χ3n) is 3.91. The highest BCUT2D eigenvalue weighted by Crippen LogP contribution is 2.32. The predicted molar refractivity (Wildman–Crippen MR) is 84.4 cm³/mol. The van der Waals surface area contributed by atoms with Crippen molar-refractivity contribution in [1.29, 1.82) is 0 Å². The van der Waals surface area contributed by atoms with Crippen LogP contribution in [0, 0.1) is 0 Å². The molecule has 0 bridgehead atoms. The molecule has 0 fully saturated rings. The highest BCUT2D eigenvalue weighted by molar-refractivity contribution is 6.20. The molecule has 2 rings (SSSR count). The van der Waals surface area contributed by atoms with Crippen molar-refractivity contribution >= 4 is 22.8 Å². The van der Waals surface area contributed by atoms with Crippen LogP contribution in [0.3, 0.4) is 0 Å². The Balaban J connectivity index is 2.70. The highest BCUT2D eigenvalue weighted by atomic mass is 35.5. The molecule has 2 heterocycles.